The molecule has 0 amide bonds. The van der Waals surface area contributed by atoms with Crippen LogP contribution in [0.25, 0.3) is 0 Å². The monoisotopic (exact) mass is 232 g/mol. The van der Waals surface area contributed by atoms with Crippen molar-refractivity contribution in [1.29, 1.82) is 0 Å². The van der Waals surface area contributed by atoms with E-state index in [2.05, 4.69) is 4.98 Å². The van der Waals surface area contributed by atoms with Crippen LogP contribution in [0, 0.1) is 0 Å². The van der Waals surface area contributed by atoms with Gasteiger partial charge in [-0.15, -0.1) is 0 Å². The van der Waals surface area contributed by atoms with Crippen molar-refractivity contribution in [2.45, 2.75) is 33.1 Å². The largest absolute Gasteiger partial charge is 0.433 e. The molecular formula is C11H15F3N2. The normalized spacial score (nSPS) is 15.4. The summed E-state index contributed by atoms with van der Waals surface area (Å²) in [5, 5.41) is 0. The van der Waals surface area contributed by atoms with E-state index >= 15 is 0 Å². The first-order valence-electron chi connectivity index (χ1n) is 5.21. The molecule has 0 aliphatic carbocycles. The highest BCUT2D eigenvalue weighted by Crippen LogP contribution is 2.30. The molecule has 2 rings (SSSR count). The summed E-state index contributed by atoms with van der Waals surface area (Å²) < 4.78 is 36.8. The van der Waals surface area contributed by atoms with E-state index in [1.54, 1.807) is 0 Å². The zero-order valence-corrected chi connectivity index (χ0v) is 9.60. The Bertz CT molecular complexity index is 361. The number of aromatic nitrogens is 1. The molecule has 0 unspecified atom stereocenters. The molecule has 2 heterocycles. The average molecular weight is 232 g/mol. The third-order valence-corrected chi connectivity index (χ3v) is 2.22. The molecule has 0 N–H and O–H groups in total. The van der Waals surface area contributed by atoms with Gasteiger partial charge >= 0.3 is 6.18 Å². The van der Waals surface area contributed by atoms with Gasteiger partial charge in [-0.05, 0) is 18.7 Å². The third kappa shape index (κ3) is 2.72. The highest BCUT2D eigenvalue weighted by atomic mass is 19.4. The Morgan fingerprint density at radius 2 is 1.81 bits per heavy atom. The minimum Gasteiger partial charge on any atom is -0.296 e. The molecule has 1 aromatic rings. The second-order valence-corrected chi connectivity index (χ2v) is 3.47. The van der Waals surface area contributed by atoms with Gasteiger partial charge in [0.05, 0.1) is 5.69 Å². The zero-order chi connectivity index (χ0) is 12.3. The highest BCUT2D eigenvalue weighted by Gasteiger charge is 2.33. The maximum Gasteiger partial charge on any atom is 0.433 e. The molecule has 0 atom stereocenters. The van der Waals surface area contributed by atoms with Gasteiger partial charge in [0.25, 0.3) is 0 Å². The van der Waals surface area contributed by atoms with Crippen LogP contribution in [-0.2, 0) is 19.3 Å². The molecule has 0 fully saturated rings. The summed E-state index contributed by atoms with van der Waals surface area (Å²) >= 11 is 0. The molecule has 5 heteroatoms. The predicted molar refractivity (Wildman–Crippen MR) is 55.8 cm³/mol. The molecule has 16 heavy (non-hydrogen) atoms. The maximum atomic E-state index is 12.3. The Morgan fingerprint density at radius 1 is 1.19 bits per heavy atom. The van der Waals surface area contributed by atoms with Gasteiger partial charge in [0.15, 0.2) is 0 Å². The van der Waals surface area contributed by atoms with Crippen LogP contribution in [0.1, 0.15) is 30.8 Å². The fourth-order valence-electron chi connectivity index (χ4n) is 1.57. The smallest absolute Gasteiger partial charge is 0.296 e. The topological polar surface area (TPSA) is 16.1 Å². The molecule has 0 radical (unpaired) electrons. The van der Waals surface area contributed by atoms with E-state index in [4.69, 9.17) is 0 Å². The second-order valence-electron chi connectivity index (χ2n) is 3.47. The Labute approximate surface area is 93.1 Å². The maximum absolute atomic E-state index is 12.3. The number of rotatable bonds is 0. The van der Waals surface area contributed by atoms with Crippen LogP contribution in [0.4, 0.5) is 13.2 Å². The van der Waals surface area contributed by atoms with Gasteiger partial charge in [-0.1, -0.05) is 19.9 Å². The van der Waals surface area contributed by atoms with Gasteiger partial charge in [-0.25, -0.2) is 4.98 Å². The van der Waals surface area contributed by atoms with Crippen LogP contribution in [-0.4, -0.2) is 16.9 Å². The van der Waals surface area contributed by atoms with Crippen LogP contribution in [0.3, 0.4) is 0 Å². The number of fused-ring (bicyclic) bond motifs is 1. The van der Waals surface area contributed by atoms with Gasteiger partial charge in [-0.2, -0.15) is 13.2 Å². The quantitative estimate of drug-likeness (QED) is 0.683. The zero-order valence-electron chi connectivity index (χ0n) is 9.60. The lowest BCUT2D eigenvalue weighted by Gasteiger charge is -2.06. The fraction of sp³-hybridized carbons (Fsp3) is 0.545. The predicted octanol–water partition coefficient (Wildman–Crippen LogP) is 3.07. The van der Waals surface area contributed by atoms with Crippen molar-refractivity contribution in [1.82, 2.24) is 9.88 Å². The summed E-state index contributed by atoms with van der Waals surface area (Å²) in [6.07, 6.45) is -4.34. The Hall–Kier alpha value is -1.10. The first-order chi connectivity index (χ1) is 7.47. The van der Waals surface area contributed by atoms with Crippen LogP contribution in [0.15, 0.2) is 12.1 Å². The summed E-state index contributed by atoms with van der Waals surface area (Å²) in [6.45, 7) is 5.18. The Balaban J connectivity index is 0.000000606. The lowest BCUT2D eigenvalue weighted by Crippen LogP contribution is -2.10. The van der Waals surface area contributed by atoms with Crippen molar-refractivity contribution in [3.8, 4) is 0 Å². The van der Waals surface area contributed by atoms with E-state index in [1.165, 1.54) is 6.07 Å². The first kappa shape index (κ1) is 13.0. The van der Waals surface area contributed by atoms with E-state index in [0.29, 0.717) is 18.8 Å². The molecule has 0 saturated carbocycles. The summed E-state index contributed by atoms with van der Waals surface area (Å²) in [5.41, 5.74) is 0.634. The number of hydrogen-bond acceptors (Lipinski definition) is 2. The summed E-state index contributed by atoms with van der Waals surface area (Å²) in [5.74, 6) is 0. The van der Waals surface area contributed by atoms with E-state index in [1.807, 2.05) is 25.8 Å². The Kier molecular flexibility index (Phi) is 3.91. The highest BCUT2D eigenvalue weighted by molar-refractivity contribution is 5.27. The molecule has 90 valence electrons. The number of nitrogens with zero attached hydrogens (tertiary/aromatic N) is 2. The minimum absolute atomic E-state index is 0.499. The fourth-order valence-corrected chi connectivity index (χ4v) is 1.57. The van der Waals surface area contributed by atoms with Crippen molar-refractivity contribution in [2.75, 3.05) is 7.05 Å². The van der Waals surface area contributed by atoms with E-state index in [-0.39, 0.29) is 0 Å². The standard InChI is InChI=1S/C9H9F3N2.C2H6/c1-14-4-6-2-3-8(9(10,11)12)13-7(6)5-14;1-2/h2-3H,4-5H2,1H3;1-2H3. The molecular weight excluding hydrogens is 217 g/mol. The summed E-state index contributed by atoms with van der Waals surface area (Å²) in [7, 11) is 1.86. The van der Waals surface area contributed by atoms with E-state index in [9.17, 15) is 13.2 Å². The van der Waals surface area contributed by atoms with E-state index in [0.717, 1.165) is 11.6 Å². The van der Waals surface area contributed by atoms with Crippen LogP contribution >= 0.6 is 0 Å². The number of halogens is 3. The number of pyridine rings is 1. The van der Waals surface area contributed by atoms with Gasteiger partial charge in [0.2, 0.25) is 0 Å². The Morgan fingerprint density at radius 3 is 2.38 bits per heavy atom. The number of alkyl halides is 3. The molecule has 2 nitrogen and oxygen atoms in total. The molecule has 0 saturated heterocycles. The lowest BCUT2D eigenvalue weighted by molar-refractivity contribution is -0.141. The molecule has 1 aliphatic heterocycles. The minimum atomic E-state index is -4.34. The average Bonchev–Trinajstić information content (AvgIpc) is 2.58. The van der Waals surface area contributed by atoms with Crippen molar-refractivity contribution in [2.24, 2.45) is 0 Å². The van der Waals surface area contributed by atoms with Crippen molar-refractivity contribution in [3.63, 3.8) is 0 Å². The van der Waals surface area contributed by atoms with Gasteiger partial charge in [-0.3, -0.25) is 4.90 Å². The van der Waals surface area contributed by atoms with E-state index < -0.39 is 11.9 Å². The SMILES string of the molecule is CC.CN1Cc2ccc(C(F)(F)F)nc2C1. The van der Waals surface area contributed by atoms with Crippen LogP contribution in [0.2, 0.25) is 0 Å². The second kappa shape index (κ2) is 4.82. The van der Waals surface area contributed by atoms with Crippen molar-refractivity contribution in [3.05, 3.63) is 29.1 Å². The molecule has 1 aliphatic rings. The van der Waals surface area contributed by atoms with Crippen LogP contribution < -0.4 is 0 Å². The van der Waals surface area contributed by atoms with Crippen molar-refractivity contribution >= 4 is 0 Å². The van der Waals surface area contributed by atoms with Gasteiger partial charge in [0, 0.05) is 13.1 Å². The van der Waals surface area contributed by atoms with Gasteiger partial charge in [0.1, 0.15) is 5.69 Å². The number of hydrogen-bond donors (Lipinski definition) is 0. The summed E-state index contributed by atoms with van der Waals surface area (Å²) in [6, 6.07) is 2.55. The lowest BCUT2D eigenvalue weighted by atomic mass is 10.2. The van der Waals surface area contributed by atoms with Gasteiger partial charge < -0.3 is 0 Å². The molecule has 0 aromatic carbocycles. The first-order valence-corrected chi connectivity index (χ1v) is 5.21. The van der Waals surface area contributed by atoms with Crippen molar-refractivity contribution < 1.29 is 13.2 Å². The van der Waals surface area contributed by atoms with Crippen LogP contribution in [0.5, 0.6) is 0 Å². The molecule has 0 bridgehead atoms. The molecule has 0 spiro atoms. The molecule has 1 aromatic heterocycles. The summed E-state index contributed by atoms with van der Waals surface area (Å²) in [4.78, 5) is 5.54. The third-order valence-electron chi connectivity index (χ3n) is 2.22.